The van der Waals surface area contributed by atoms with Gasteiger partial charge in [-0.1, -0.05) is 12.1 Å². The Bertz CT molecular complexity index is 933. The van der Waals surface area contributed by atoms with Crippen LogP contribution in [0.1, 0.15) is 22.1 Å². The van der Waals surface area contributed by atoms with E-state index in [1.165, 1.54) is 11.8 Å². The number of carbonyl (C=O) groups is 2. The lowest BCUT2D eigenvalue weighted by molar-refractivity contribution is -0.116. The average molecular weight is 368 g/mol. The zero-order valence-electron chi connectivity index (χ0n) is 13.8. The Kier molecular flexibility index (Phi) is 4.53. The van der Waals surface area contributed by atoms with Crippen LogP contribution >= 0.6 is 11.8 Å². The molecule has 0 aliphatic carbocycles. The highest BCUT2D eigenvalue weighted by Crippen LogP contribution is 2.35. The Morgan fingerprint density at radius 3 is 2.85 bits per heavy atom. The first-order valence-electron chi connectivity index (χ1n) is 8.12. The van der Waals surface area contributed by atoms with Crippen LogP contribution < -0.4 is 10.2 Å². The summed E-state index contributed by atoms with van der Waals surface area (Å²) in [5.74, 6) is 1.52. The number of amides is 2. The maximum Gasteiger partial charge on any atom is 0.287 e. The van der Waals surface area contributed by atoms with Crippen molar-refractivity contribution in [2.45, 2.75) is 18.0 Å². The molecular weight excluding hydrogens is 352 g/mol. The van der Waals surface area contributed by atoms with E-state index in [9.17, 15) is 9.59 Å². The van der Waals surface area contributed by atoms with Crippen molar-refractivity contribution in [3.05, 3.63) is 72.1 Å². The lowest BCUT2D eigenvalue weighted by Crippen LogP contribution is -2.34. The van der Waals surface area contributed by atoms with Gasteiger partial charge >= 0.3 is 0 Å². The minimum Gasteiger partial charge on any atom is -0.467 e. The van der Waals surface area contributed by atoms with E-state index in [0.717, 1.165) is 10.6 Å². The summed E-state index contributed by atoms with van der Waals surface area (Å²) < 4.78 is 10.8. The van der Waals surface area contributed by atoms with Crippen LogP contribution in [0.5, 0.6) is 0 Å². The fraction of sp³-hybridized carbons (Fsp3) is 0.158. The molecule has 0 saturated carbocycles. The number of hydrogen-bond acceptors (Lipinski definition) is 5. The predicted octanol–water partition coefficient (Wildman–Crippen LogP) is 3.44. The number of rotatable bonds is 5. The summed E-state index contributed by atoms with van der Waals surface area (Å²) in [6.45, 7) is 0.582. The Morgan fingerprint density at radius 1 is 1.12 bits per heavy atom. The Hall–Kier alpha value is -2.93. The molecule has 0 radical (unpaired) electrons. The van der Waals surface area contributed by atoms with Crippen molar-refractivity contribution in [1.29, 1.82) is 0 Å². The van der Waals surface area contributed by atoms with E-state index in [4.69, 9.17) is 8.83 Å². The summed E-state index contributed by atoms with van der Waals surface area (Å²) in [6, 6.07) is 14.6. The summed E-state index contributed by atoms with van der Waals surface area (Å²) in [7, 11) is 0. The molecule has 0 spiro atoms. The fourth-order valence-electron chi connectivity index (χ4n) is 2.74. The maximum absolute atomic E-state index is 12.3. The molecule has 1 N–H and O–H groups in total. The van der Waals surface area contributed by atoms with Crippen molar-refractivity contribution in [2.75, 3.05) is 10.7 Å². The highest BCUT2D eigenvalue weighted by atomic mass is 32.2. The van der Waals surface area contributed by atoms with E-state index < -0.39 is 0 Å². The highest BCUT2D eigenvalue weighted by Gasteiger charge is 2.25. The van der Waals surface area contributed by atoms with Crippen molar-refractivity contribution >= 4 is 29.3 Å². The molecular formula is C19H16N2O4S. The number of thioether (sulfide) groups is 1. The van der Waals surface area contributed by atoms with Crippen molar-refractivity contribution in [3.63, 3.8) is 0 Å². The van der Waals surface area contributed by atoms with E-state index in [1.54, 1.807) is 35.4 Å². The van der Waals surface area contributed by atoms with Gasteiger partial charge < -0.3 is 19.1 Å². The lowest BCUT2D eigenvalue weighted by Gasteiger charge is -2.28. The van der Waals surface area contributed by atoms with Crippen LogP contribution in [-0.2, 0) is 17.9 Å². The van der Waals surface area contributed by atoms with Gasteiger partial charge in [0.05, 0.1) is 30.8 Å². The third-order valence-electron chi connectivity index (χ3n) is 4.01. The predicted molar refractivity (Wildman–Crippen MR) is 96.9 cm³/mol. The zero-order valence-corrected chi connectivity index (χ0v) is 14.6. The van der Waals surface area contributed by atoms with Crippen molar-refractivity contribution in [2.24, 2.45) is 0 Å². The van der Waals surface area contributed by atoms with E-state index in [-0.39, 0.29) is 24.1 Å². The van der Waals surface area contributed by atoms with Gasteiger partial charge in [0.25, 0.3) is 5.91 Å². The first-order valence-corrected chi connectivity index (χ1v) is 9.11. The molecule has 0 fully saturated rings. The van der Waals surface area contributed by atoms with Crippen molar-refractivity contribution < 1.29 is 18.4 Å². The lowest BCUT2D eigenvalue weighted by atomic mass is 10.2. The quantitative estimate of drug-likeness (QED) is 0.747. The number of carbonyl (C=O) groups excluding carboxylic acids is 2. The zero-order chi connectivity index (χ0) is 17.9. The molecule has 0 saturated heterocycles. The number of hydrogen-bond donors (Lipinski definition) is 1. The highest BCUT2D eigenvalue weighted by molar-refractivity contribution is 8.00. The van der Waals surface area contributed by atoms with Crippen LogP contribution in [0.3, 0.4) is 0 Å². The van der Waals surface area contributed by atoms with Crippen LogP contribution in [0.25, 0.3) is 0 Å². The molecule has 3 heterocycles. The second kappa shape index (κ2) is 7.13. The smallest absolute Gasteiger partial charge is 0.287 e. The molecule has 26 heavy (non-hydrogen) atoms. The Morgan fingerprint density at radius 2 is 2.00 bits per heavy atom. The van der Waals surface area contributed by atoms with Crippen LogP contribution in [0.4, 0.5) is 5.69 Å². The first-order chi connectivity index (χ1) is 12.7. The summed E-state index contributed by atoms with van der Waals surface area (Å²) in [4.78, 5) is 27.2. The van der Waals surface area contributed by atoms with Gasteiger partial charge in [0.1, 0.15) is 11.5 Å². The molecule has 0 atom stereocenters. The van der Waals surface area contributed by atoms with Gasteiger partial charge in [-0.15, -0.1) is 11.8 Å². The molecule has 4 rings (SSSR count). The van der Waals surface area contributed by atoms with Crippen LogP contribution in [0.2, 0.25) is 0 Å². The molecule has 1 aromatic carbocycles. The number of nitrogens with one attached hydrogen (secondary N) is 1. The first kappa shape index (κ1) is 16.5. The topological polar surface area (TPSA) is 75.7 Å². The SMILES string of the molecule is O=C(NCc1ccco1)c1ccc(CN2C(=O)CSc3ccccc32)o1. The molecule has 2 amide bonds. The number of fused-ring (bicyclic) bond motifs is 1. The molecule has 0 unspecified atom stereocenters. The standard InChI is InChI=1S/C19H16N2O4S/c22-18-12-26-17-6-2-1-5-15(17)21(18)11-14-7-8-16(25-14)19(23)20-10-13-4-3-9-24-13/h1-9H,10-12H2,(H,20,23). The molecule has 7 heteroatoms. The van der Waals surface area contributed by atoms with E-state index in [1.807, 2.05) is 24.3 Å². The molecule has 6 nitrogen and oxygen atoms in total. The molecule has 1 aliphatic rings. The summed E-state index contributed by atoms with van der Waals surface area (Å²) in [6.07, 6.45) is 1.55. The fourth-order valence-corrected chi connectivity index (χ4v) is 3.67. The number of anilines is 1. The summed E-state index contributed by atoms with van der Waals surface area (Å²) in [5.41, 5.74) is 0.869. The van der Waals surface area contributed by atoms with Crippen molar-refractivity contribution in [3.8, 4) is 0 Å². The monoisotopic (exact) mass is 368 g/mol. The van der Waals surface area contributed by atoms with Gasteiger partial charge in [-0.25, -0.2) is 0 Å². The van der Waals surface area contributed by atoms with Crippen LogP contribution in [0.15, 0.2) is 68.5 Å². The molecule has 0 bridgehead atoms. The largest absolute Gasteiger partial charge is 0.467 e. The minimum absolute atomic E-state index is 0.0221. The van der Waals surface area contributed by atoms with Gasteiger partial charge in [0.15, 0.2) is 5.76 Å². The Labute approximate surface area is 154 Å². The number of furan rings is 2. The normalized spacial score (nSPS) is 13.5. The number of nitrogens with zero attached hydrogens (tertiary/aromatic N) is 1. The maximum atomic E-state index is 12.3. The van der Waals surface area contributed by atoms with Gasteiger partial charge in [-0.2, -0.15) is 0 Å². The van der Waals surface area contributed by atoms with Gasteiger partial charge in [-0.05, 0) is 36.4 Å². The van der Waals surface area contributed by atoms with Crippen LogP contribution in [-0.4, -0.2) is 17.6 Å². The second-order valence-electron chi connectivity index (χ2n) is 5.76. The van der Waals surface area contributed by atoms with Crippen molar-refractivity contribution in [1.82, 2.24) is 5.32 Å². The van der Waals surface area contributed by atoms with Gasteiger partial charge in [-0.3, -0.25) is 9.59 Å². The summed E-state index contributed by atoms with van der Waals surface area (Å²) >= 11 is 1.53. The third-order valence-corrected chi connectivity index (χ3v) is 5.06. The van der Waals surface area contributed by atoms with Gasteiger partial charge in [0.2, 0.25) is 5.91 Å². The number of para-hydroxylation sites is 1. The molecule has 3 aromatic rings. The molecule has 2 aromatic heterocycles. The molecule has 1 aliphatic heterocycles. The minimum atomic E-state index is -0.325. The average Bonchev–Trinajstić information content (AvgIpc) is 3.34. The molecule has 132 valence electrons. The summed E-state index contributed by atoms with van der Waals surface area (Å²) in [5, 5.41) is 2.73. The van der Waals surface area contributed by atoms with E-state index >= 15 is 0 Å². The number of benzene rings is 1. The second-order valence-corrected chi connectivity index (χ2v) is 6.78. The van der Waals surface area contributed by atoms with Crippen LogP contribution in [0, 0.1) is 0 Å². The van der Waals surface area contributed by atoms with Gasteiger partial charge in [0, 0.05) is 4.90 Å². The third kappa shape index (κ3) is 3.39. The van der Waals surface area contributed by atoms with E-state index in [0.29, 0.717) is 23.8 Å². The van der Waals surface area contributed by atoms with E-state index in [2.05, 4.69) is 5.32 Å². The Balaban J connectivity index is 1.45.